The molecule has 1 amide bonds. The molecule has 4 aromatic rings. The van der Waals surface area contributed by atoms with Crippen LogP contribution >= 0.6 is 0 Å². The SMILES string of the molecule is CN1CCN(c2cnc3c(C4CCN(C(=O)c5ccc6cnccc6c5)CC4)ncnc3c2)CC1. The van der Waals surface area contributed by atoms with E-state index in [2.05, 4.69) is 37.9 Å². The molecule has 8 nitrogen and oxygen atoms in total. The number of nitrogens with zero attached hydrogens (tertiary/aromatic N) is 7. The summed E-state index contributed by atoms with van der Waals surface area (Å²) in [6, 6.07) is 9.92. The summed E-state index contributed by atoms with van der Waals surface area (Å²) in [5.74, 6) is 0.360. The lowest BCUT2D eigenvalue weighted by molar-refractivity contribution is 0.0712. The number of hydrogen-bond donors (Lipinski definition) is 0. The van der Waals surface area contributed by atoms with Crippen molar-refractivity contribution in [2.75, 3.05) is 51.2 Å². The summed E-state index contributed by atoms with van der Waals surface area (Å²) in [7, 11) is 2.16. The van der Waals surface area contributed by atoms with Gasteiger partial charge in [0.25, 0.3) is 5.91 Å². The Morgan fingerprint density at radius 1 is 0.886 bits per heavy atom. The van der Waals surface area contributed by atoms with Crippen molar-refractivity contribution in [3.8, 4) is 0 Å². The summed E-state index contributed by atoms with van der Waals surface area (Å²) in [5, 5.41) is 2.08. The maximum Gasteiger partial charge on any atom is 0.253 e. The van der Waals surface area contributed by atoms with Crippen LogP contribution in [0.15, 0.2) is 55.2 Å². The van der Waals surface area contributed by atoms with Crippen molar-refractivity contribution in [2.24, 2.45) is 0 Å². The quantitative estimate of drug-likeness (QED) is 0.457. The first-order chi connectivity index (χ1) is 17.2. The lowest BCUT2D eigenvalue weighted by Crippen LogP contribution is -2.44. The monoisotopic (exact) mass is 467 g/mol. The Hall–Kier alpha value is -3.65. The lowest BCUT2D eigenvalue weighted by Gasteiger charge is -2.34. The zero-order chi connectivity index (χ0) is 23.8. The predicted octanol–water partition coefficient (Wildman–Crippen LogP) is 3.34. The Balaban J connectivity index is 1.17. The van der Waals surface area contributed by atoms with E-state index < -0.39 is 0 Å². The number of rotatable bonds is 3. The molecule has 0 saturated carbocycles. The van der Waals surface area contributed by atoms with Crippen molar-refractivity contribution >= 4 is 33.4 Å². The number of pyridine rings is 2. The summed E-state index contributed by atoms with van der Waals surface area (Å²) >= 11 is 0. The van der Waals surface area contributed by atoms with Gasteiger partial charge in [-0.25, -0.2) is 9.97 Å². The molecule has 2 aliphatic heterocycles. The summed E-state index contributed by atoms with van der Waals surface area (Å²) < 4.78 is 0. The van der Waals surface area contributed by atoms with Gasteiger partial charge >= 0.3 is 0 Å². The maximum atomic E-state index is 13.2. The normalized spacial score (nSPS) is 17.9. The number of fused-ring (bicyclic) bond motifs is 2. The van der Waals surface area contributed by atoms with E-state index in [1.807, 2.05) is 41.6 Å². The van der Waals surface area contributed by atoms with E-state index in [1.165, 1.54) is 0 Å². The van der Waals surface area contributed by atoms with Gasteiger partial charge in [0.2, 0.25) is 0 Å². The van der Waals surface area contributed by atoms with Gasteiger partial charge in [-0.15, -0.1) is 0 Å². The average Bonchev–Trinajstić information content (AvgIpc) is 2.92. The minimum atomic E-state index is 0.0876. The van der Waals surface area contributed by atoms with Crippen LogP contribution in [-0.2, 0) is 0 Å². The van der Waals surface area contributed by atoms with E-state index >= 15 is 0 Å². The van der Waals surface area contributed by atoms with Crippen LogP contribution in [0, 0.1) is 0 Å². The van der Waals surface area contributed by atoms with Crippen LogP contribution < -0.4 is 4.90 Å². The molecule has 35 heavy (non-hydrogen) atoms. The molecule has 8 heteroatoms. The Labute approximate surface area is 204 Å². The molecule has 178 valence electrons. The molecular formula is C27H29N7O. The second-order valence-electron chi connectivity index (χ2n) is 9.61. The number of likely N-dealkylation sites (tertiary alicyclic amines) is 1. The van der Waals surface area contributed by atoms with Gasteiger partial charge in [-0.2, -0.15) is 0 Å². The zero-order valence-electron chi connectivity index (χ0n) is 20.0. The highest BCUT2D eigenvalue weighted by molar-refractivity contribution is 5.98. The highest BCUT2D eigenvalue weighted by Crippen LogP contribution is 2.32. The van der Waals surface area contributed by atoms with E-state index in [-0.39, 0.29) is 11.8 Å². The third kappa shape index (κ3) is 4.30. The molecule has 0 N–H and O–H groups in total. The molecule has 2 saturated heterocycles. The van der Waals surface area contributed by atoms with Crippen molar-refractivity contribution < 1.29 is 4.79 Å². The fourth-order valence-corrected chi connectivity index (χ4v) is 5.24. The largest absolute Gasteiger partial charge is 0.368 e. The van der Waals surface area contributed by atoms with Gasteiger partial charge in [-0.1, -0.05) is 6.07 Å². The molecular weight excluding hydrogens is 438 g/mol. The molecule has 3 aromatic heterocycles. The van der Waals surface area contributed by atoms with Crippen molar-refractivity contribution in [1.82, 2.24) is 29.7 Å². The summed E-state index contributed by atoms with van der Waals surface area (Å²) in [4.78, 5) is 38.0. The van der Waals surface area contributed by atoms with Gasteiger partial charge in [-0.05, 0) is 49.5 Å². The number of benzene rings is 1. The molecule has 5 heterocycles. The number of carbonyl (C=O) groups is 1. The summed E-state index contributed by atoms with van der Waals surface area (Å²) in [5.41, 5.74) is 4.65. The number of piperidine rings is 1. The van der Waals surface area contributed by atoms with Crippen LogP contribution in [-0.4, -0.2) is 82.0 Å². The summed E-state index contributed by atoms with van der Waals surface area (Å²) in [6.07, 6.45) is 8.96. The van der Waals surface area contributed by atoms with Gasteiger partial charge < -0.3 is 14.7 Å². The number of piperazine rings is 1. The maximum absolute atomic E-state index is 13.2. The fraction of sp³-hybridized carbons (Fsp3) is 0.370. The fourth-order valence-electron chi connectivity index (χ4n) is 5.24. The second kappa shape index (κ2) is 9.19. The molecule has 1 aromatic carbocycles. The van der Waals surface area contributed by atoms with Crippen LogP contribution in [0.5, 0.6) is 0 Å². The lowest BCUT2D eigenvalue weighted by atomic mass is 9.92. The number of anilines is 1. The number of hydrogen-bond acceptors (Lipinski definition) is 7. The third-order valence-corrected chi connectivity index (χ3v) is 7.41. The third-order valence-electron chi connectivity index (χ3n) is 7.41. The van der Waals surface area contributed by atoms with Gasteiger partial charge in [0.05, 0.1) is 23.1 Å². The molecule has 0 radical (unpaired) electrons. The second-order valence-corrected chi connectivity index (χ2v) is 9.61. The minimum absolute atomic E-state index is 0.0876. The molecule has 2 fully saturated rings. The Morgan fingerprint density at radius 2 is 1.71 bits per heavy atom. The van der Waals surface area contributed by atoms with Crippen molar-refractivity contribution in [1.29, 1.82) is 0 Å². The smallest absolute Gasteiger partial charge is 0.253 e. The number of likely N-dealkylation sites (N-methyl/N-ethyl adjacent to an activating group) is 1. The predicted molar refractivity (Wildman–Crippen MR) is 137 cm³/mol. The minimum Gasteiger partial charge on any atom is -0.368 e. The van der Waals surface area contributed by atoms with E-state index in [4.69, 9.17) is 4.98 Å². The van der Waals surface area contributed by atoms with Crippen LogP contribution in [0.3, 0.4) is 0 Å². The van der Waals surface area contributed by atoms with Crippen LogP contribution in [0.2, 0.25) is 0 Å². The van der Waals surface area contributed by atoms with E-state index in [9.17, 15) is 4.79 Å². The van der Waals surface area contributed by atoms with Crippen LogP contribution in [0.1, 0.15) is 34.8 Å². The highest BCUT2D eigenvalue weighted by Gasteiger charge is 2.27. The first-order valence-corrected chi connectivity index (χ1v) is 12.3. The Morgan fingerprint density at radius 3 is 2.54 bits per heavy atom. The Kier molecular flexibility index (Phi) is 5.74. The molecule has 2 aliphatic rings. The van der Waals surface area contributed by atoms with Crippen LogP contribution in [0.4, 0.5) is 5.69 Å². The number of carbonyl (C=O) groups excluding carboxylic acids is 1. The van der Waals surface area contributed by atoms with E-state index in [0.717, 1.165) is 77.8 Å². The first-order valence-electron chi connectivity index (χ1n) is 12.3. The Bertz CT molecular complexity index is 1370. The molecule has 0 bridgehead atoms. The summed E-state index contributed by atoms with van der Waals surface area (Å²) in [6.45, 7) is 5.54. The molecule has 0 unspecified atom stereocenters. The van der Waals surface area contributed by atoms with Gasteiger partial charge in [0.1, 0.15) is 11.8 Å². The van der Waals surface area contributed by atoms with E-state index in [0.29, 0.717) is 13.1 Å². The standard InChI is InChI=1S/C27H29N7O/c1-32-10-12-33(13-11-32)23-15-24-26(29-17-23)25(31-18-30-24)19-5-8-34(9-6-19)27(35)21-2-3-22-16-28-7-4-20(22)14-21/h2-4,7,14-19H,5-6,8-13H2,1H3. The van der Waals surface area contributed by atoms with Gasteiger partial charge in [0, 0.05) is 68.5 Å². The van der Waals surface area contributed by atoms with Gasteiger partial charge in [0.15, 0.2) is 0 Å². The topological polar surface area (TPSA) is 78.4 Å². The van der Waals surface area contributed by atoms with E-state index in [1.54, 1.807) is 12.5 Å². The average molecular weight is 468 g/mol. The van der Waals surface area contributed by atoms with Crippen LogP contribution in [0.25, 0.3) is 21.8 Å². The zero-order valence-corrected chi connectivity index (χ0v) is 20.0. The van der Waals surface area contributed by atoms with Crippen molar-refractivity contribution in [2.45, 2.75) is 18.8 Å². The number of aromatic nitrogens is 4. The molecule has 0 atom stereocenters. The van der Waals surface area contributed by atoms with Crippen molar-refractivity contribution in [3.05, 3.63) is 66.5 Å². The van der Waals surface area contributed by atoms with Gasteiger partial charge in [-0.3, -0.25) is 14.8 Å². The first kappa shape index (κ1) is 21.9. The molecule has 6 rings (SSSR count). The van der Waals surface area contributed by atoms with Crippen molar-refractivity contribution in [3.63, 3.8) is 0 Å². The molecule has 0 aliphatic carbocycles. The highest BCUT2D eigenvalue weighted by atomic mass is 16.2. The number of amides is 1. The molecule has 0 spiro atoms.